The van der Waals surface area contributed by atoms with Gasteiger partial charge in [0, 0.05) is 12.7 Å². The largest absolute Gasteiger partial charge is 0.477 e. The highest BCUT2D eigenvalue weighted by Crippen LogP contribution is 2.22. The van der Waals surface area contributed by atoms with Crippen LogP contribution in [0.4, 0.5) is 0 Å². The van der Waals surface area contributed by atoms with Gasteiger partial charge in [-0.2, -0.15) is 5.10 Å². The van der Waals surface area contributed by atoms with Gasteiger partial charge in [-0.25, -0.2) is 9.48 Å². The summed E-state index contributed by atoms with van der Waals surface area (Å²) < 4.78 is 6.09. The summed E-state index contributed by atoms with van der Waals surface area (Å²) in [5, 5.41) is 13.5. The van der Waals surface area contributed by atoms with Gasteiger partial charge in [-0.3, -0.25) is 4.79 Å². The lowest BCUT2D eigenvalue weighted by molar-refractivity contribution is 0.0693. The van der Waals surface area contributed by atoms with Crippen LogP contribution < -0.4 is 5.56 Å². The number of rotatable bonds is 5. The van der Waals surface area contributed by atoms with Gasteiger partial charge in [0.25, 0.3) is 5.56 Å². The average molecular weight is 302 g/mol. The Morgan fingerprint density at radius 2 is 2.05 bits per heavy atom. The number of benzene rings is 1. The number of carbonyl (C=O) groups is 1. The Hall–Kier alpha value is -2.47. The van der Waals surface area contributed by atoms with E-state index >= 15 is 0 Å². The van der Waals surface area contributed by atoms with Gasteiger partial charge in [0.2, 0.25) is 0 Å². The lowest BCUT2D eigenvalue weighted by Crippen LogP contribution is -2.30. The smallest absolute Gasteiger partial charge is 0.341 e. The minimum absolute atomic E-state index is 0.203. The van der Waals surface area contributed by atoms with Gasteiger partial charge < -0.3 is 9.84 Å². The van der Waals surface area contributed by atoms with E-state index in [1.54, 1.807) is 0 Å². The lowest BCUT2D eigenvalue weighted by atomic mass is 10.0. The van der Waals surface area contributed by atoms with E-state index in [0.717, 1.165) is 21.4 Å². The van der Waals surface area contributed by atoms with E-state index in [-0.39, 0.29) is 18.7 Å². The minimum Gasteiger partial charge on any atom is -0.477 e. The van der Waals surface area contributed by atoms with Crippen LogP contribution in [0.2, 0.25) is 0 Å². The molecule has 0 amide bonds. The van der Waals surface area contributed by atoms with Crippen molar-refractivity contribution in [3.63, 3.8) is 0 Å². The fraction of sp³-hybridized carbons (Fsp3) is 0.312. The average Bonchev–Trinajstić information content (AvgIpc) is 2.48. The van der Waals surface area contributed by atoms with Crippen LogP contribution in [0.15, 0.2) is 29.1 Å². The molecule has 0 aliphatic carbocycles. The molecular weight excluding hydrogens is 284 g/mol. The first-order chi connectivity index (χ1) is 10.4. The molecule has 0 radical (unpaired) electrons. The lowest BCUT2D eigenvalue weighted by Gasteiger charge is -2.11. The molecule has 0 bridgehead atoms. The highest BCUT2D eigenvalue weighted by Gasteiger charge is 2.16. The monoisotopic (exact) mass is 302 g/mol. The predicted molar refractivity (Wildman–Crippen MR) is 82.2 cm³/mol. The summed E-state index contributed by atoms with van der Waals surface area (Å²) in [6, 6.07) is 7.17. The van der Waals surface area contributed by atoms with Crippen molar-refractivity contribution in [2.75, 3.05) is 13.7 Å². The Morgan fingerprint density at radius 1 is 1.32 bits per heavy atom. The number of carboxylic acid groups (broad SMARTS) is 1. The number of ether oxygens (including phenoxy) is 1. The molecule has 0 saturated heterocycles. The number of methoxy groups -OCH3 is 1. The minimum atomic E-state index is -1.26. The van der Waals surface area contributed by atoms with Crippen LogP contribution in [-0.2, 0) is 11.3 Å². The van der Waals surface area contributed by atoms with Crippen molar-refractivity contribution in [1.82, 2.24) is 9.78 Å². The van der Waals surface area contributed by atoms with E-state index in [1.165, 1.54) is 13.2 Å². The Bertz CT molecular complexity index is 765. The molecule has 1 aromatic heterocycles. The second kappa shape index (κ2) is 6.53. The molecule has 2 aromatic rings. The van der Waals surface area contributed by atoms with Gasteiger partial charge in [-0.15, -0.1) is 0 Å². The highest BCUT2D eigenvalue weighted by atomic mass is 16.5. The van der Waals surface area contributed by atoms with E-state index in [2.05, 4.69) is 5.10 Å². The number of aryl methyl sites for hydroxylation is 2. The van der Waals surface area contributed by atoms with Crippen molar-refractivity contribution in [3.8, 4) is 11.3 Å². The molecule has 1 N–H and O–H groups in total. The number of hydrogen-bond acceptors (Lipinski definition) is 4. The Labute approximate surface area is 128 Å². The first-order valence-corrected chi connectivity index (χ1v) is 6.86. The Balaban J connectivity index is 2.65. The third kappa shape index (κ3) is 3.23. The molecule has 0 fully saturated rings. The van der Waals surface area contributed by atoms with Crippen LogP contribution in [0.5, 0.6) is 0 Å². The standard InChI is InChI=1S/C16H18N2O4/c1-10-4-5-11(2)12(8-10)14-9-13(16(20)21)15(19)18(17-14)6-7-22-3/h4-5,8-9H,6-7H2,1-3H3,(H,20,21). The number of nitrogens with zero attached hydrogens (tertiary/aromatic N) is 2. The molecule has 1 aromatic carbocycles. The van der Waals surface area contributed by atoms with E-state index in [0.29, 0.717) is 5.69 Å². The van der Waals surface area contributed by atoms with Gasteiger partial charge in [-0.05, 0) is 31.5 Å². The molecule has 22 heavy (non-hydrogen) atoms. The number of aromatic nitrogens is 2. The zero-order valence-electron chi connectivity index (χ0n) is 12.8. The topological polar surface area (TPSA) is 81.4 Å². The predicted octanol–water partition coefficient (Wildman–Crippen LogP) is 1.87. The molecule has 1 heterocycles. The second-order valence-corrected chi connectivity index (χ2v) is 5.09. The van der Waals surface area contributed by atoms with Gasteiger partial charge in [0.1, 0.15) is 5.56 Å². The third-order valence-corrected chi connectivity index (χ3v) is 3.38. The molecule has 6 nitrogen and oxygen atoms in total. The second-order valence-electron chi connectivity index (χ2n) is 5.09. The van der Waals surface area contributed by atoms with Crippen molar-refractivity contribution >= 4 is 5.97 Å². The number of hydrogen-bond donors (Lipinski definition) is 1. The van der Waals surface area contributed by atoms with E-state index in [9.17, 15) is 14.7 Å². The first-order valence-electron chi connectivity index (χ1n) is 6.86. The Morgan fingerprint density at radius 3 is 2.68 bits per heavy atom. The molecular formula is C16H18N2O4. The zero-order chi connectivity index (χ0) is 16.3. The maximum atomic E-state index is 12.1. The van der Waals surface area contributed by atoms with Crippen molar-refractivity contribution in [3.05, 3.63) is 51.3 Å². The summed E-state index contributed by atoms with van der Waals surface area (Å²) in [5.74, 6) is -1.26. The maximum Gasteiger partial charge on any atom is 0.341 e. The van der Waals surface area contributed by atoms with Crippen LogP contribution in [0.3, 0.4) is 0 Å². The summed E-state index contributed by atoms with van der Waals surface area (Å²) in [6.45, 7) is 4.35. The molecule has 2 rings (SSSR count). The van der Waals surface area contributed by atoms with Crippen LogP contribution in [0.1, 0.15) is 21.5 Å². The molecule has 0 saturated carbocycles. The normalized spacial score (nSPS) is 10.7. The summed E-state index contributed by atoms with van der Waals surface area (Å²) in [5.41, 5.74) is 2.36. The number of aromatic carboxylic acids is 1. The number of carboxylic acids is 1. The quantitative estimate of drug-likeness (QED) is 0.912. The fourth-order valence-corrected chi connectivity index (χ4v) is 2.17. The van der Waals surface area contributed by atoms with Crippen LogP contribution in [0, 0.1) is 13.8 Å². The molecule has 0 atom stereocenters. The molecule has 0 aliphatic rings. The molecule has 0 aliphatic heterocycles. The molecule has 0 spiro atoms. The first kappa shape index (κ1) is 15.9. The van der Waals surface area contributed by atoms with Crippen LogP contribution in [-0.4, -0.2) is 34.6 Å². The van der Waals surface area contributed by atoms with Crippen molar-refractivity contribution in [1.29, 1.82) is 0 Å². The van der Waals surface area contributed by atoms with Gasteiger partial charge >= 0.3 is 5.97 Å². The molecule has 0 unspecified atom stereocenters. The van der Waals surface area contributed by atoms with E-state index in [4.69, 9.17) is 4.74 Å². The fourth-order valence-electron chi connectivity index (χ4n) is 2.17. The maximum absolute atomic E-state index is 12.1. The third-order valence-electron chi connectivity index (χ3n) is 3.38. The van der Waals surface area contributed by atoms with Gasteiger partial charge in [0.15, 0.2) is 0 Å². The van der Waals surface area contributed by atoms with Crippen LogP contribution >= 0.6 is 0 Å². The van der Waals surface area contributed by atoms with Crippen LogP contribution in [0.25, 0.3) is 11.3 Å². The summed E-state index contributed by atoms with van der Waals surface area (Å²) in [6.07, 6.45) is 0. The summed E-state index contributed by atoms with van der Waals surface area (Å²) in [4.78, 5) is 23.4. The van der Waals surface area contributed by atoms with Crippen molar-refractivity contribution in [2.45, 2.75) is 20.4 Å². The van der Waals surface area contributed by atoms with E-state index in [1.807, 2.05) is 32.0 Å². The molecule has 6 heteroatoms. The zero-order valence-corrected chi connectivity index (χ0v) is 12.8. The van der Waals surface area contributed by atoms with Gasteiger partial charge in [0.05, 0.1) is 18.8 Å². The summed E-state index contributed by atoms with van der Waals surface area (Å²) >= 11 is 0. The highest BCUT2D eigenvalue weighted by molar-refractivity contribution is 5.88. The van der Waals surface area contributed by atoms with Crippen molar-refractivity contribution < 1.29 is 14.6 Å². The molecule has 116 valence electrons. The SMILES string of the molecule is COCCn1nc(-c2cc(C)ccc2C)cc(C(=O)O)c1=O. The Kier molecular flexibility index (Phi) is 4.72. The van der Waals surface area contributed by atoms with E-state index < -0.39 is 11.5 Å². The van der Waals surface area contributed by atoms with Crippen molar-refractivity contribution in [2.24, 2.45) is 0 Å². The van der Waals surface area contributed by atoms with Gasteiger partial charge in [-0.1, -0.05) is 17.7 Å². The summed E-state index contributed by atoms with van der Waals surface area (Å²) in [7, 11) is 1.51.